The standard InChI is InChI=1S/C11H13N3O3/c12-14-13-5-1-2-9(15)8-3-4-10-11(6-8)17-7-16-10/h3-4,6,9,15H,1-2,5,7H2. The van der Waals surface area contributed by atoms with Crippen molar-refractivity contribution < 1.29 is 14.6 Å². The summed E-state index contributed by atoms with van der Waals surface area (Å²) >= 11 is 0. The lowest BCUT2D eigenvalue weighted by atomic mass is 10.0. The lowest BCUT2D eigenvalue weighted by Gasteiger charge is -2.10. The summed E-state index contributed by atoms with van der Waals surface area (Å²) in [6.45, 7) is 0.629. The van der Waals surface area contributed by atoms with E-state index in [9.17, 15) is 5.11 Å². The fraction of sp³-hybridized carbons (Fsp3) is 0.455. The van der Waals surface area contributed by atoms with Crippen LogP contribution in [-0.2, 0) is 0 Å². The number of hydrogen-bond acceptors (Lipinski definition) is 4. The van der Waals surface area contributed by atoms with Crippen LogP contribution in [0.5, 0.6) is 11.5 Å². The quantitative estimate of drug-likeness (QED) is 0.368. The van der Waals surface area contributed by atoms with E-state index in [4.69, 9.17) is 15.0 Å². The van der Waals surface area contributed by atoms with Gasteiger partial charge in [0.25, 0.3) is 0 Å². The van der Waals surface area contributed by atoms with E-state index in [-0.39, 0.29) is 6.79 Å². The van der Waals surface area contributed by atoms with Crippen LogP contribution < -0.4 is 9.47 Å². The van der Waals surface area contributed by atoms with Crippen LogP contribution in [0.25, 0.3) is 10.4 Å². The van der Waals surface area contributed by atoms with Gasteiger partial charge in [0, 0.05) is 11.5 Å². The minimum Gasteiger partial charge on any atom is -0.454 e. The van der Waals surface area contributed by atoms with Crippen LogP contribution >= 0.6 is 0 Å². The molecule has 1 aromatic carbocycles. The van der Waals surface area contributed by atoms with Crippen LogP contribution in [0.4, 0.5) is 0 Å². The molecule has 1 N–H and O–H groups in total. The van der Waals surface area contributed by atoms with Gasteiger partial charge in [-0.3, -0.25) is 0 Å². The molecule has 1 aromatic rings. The summed E-state index contributed by atoms with van der Waals surface area (Å²) in [5, 5.41) is 13.3. The van der Waals surface area contributed by atoms with Gasteiger partial charge in [-0.25, -0.2) is 0 Å². The molecule has 0 bridgehead atoms. The summed E-state index contributed by atoms with van der Waals surface area (Å²) in [5.74, 6) is 1.37. The largest absolute Gasteiger partial charge is 0.454 e. The van der Waals surface area contributed by atoms with Crippen molar-refractivity contribution in [2.75, 3.05) is 13.3 Å². The Balaban J connectivity index is 1.94. The maximum absolute atomic E-state index is 9.92. The Morgan fingerprint density at radius 1 is 1.41 bits per heavy atom. The molecule has 1 aliphatic rings. The number of ether oxygens (including phenoxy) is 2. The molecule has 0 amide bonds. The van der Waals surface area contributed by atoms with E-state index in [1.165, 1.54) is 0 Å². The molecule has 1 atom stereocenters. The molecule has 1 unspecified atom stereocenters. The predicted octanol–water partition coefficient (Wildman–Crippen LogP) is 2.54. The maximum Gasteiger partial charge on any atom is 0.231 e. The second kappa shape index (κ2) is 5.43. The number of rotatable bonds is 5. The molecular formula is C11H13N3O3. The van der Waals surface area contributed by atoms with Gasteiger partial charge in [0.15, 0.2) is 11.5 Å². The Bertz CT molecular complexity index is 444. The summed E-state index contributed by atoms with van der Waals surface area (Å²) in [6.07, 6.45) is 0.636. The van der Waals surface area contributed by atoms with Crippen molar-refractivity contribution in [3.63, 3.8) is 0 Å². The highest BCUT2D eigenvalue weighted by Gasteiger charge is 2.16. The van der Waals surface area contributed by atoms with E-state index in [2.05, 4.69) is 10.0 Å². The van der Waals surface area contributed by atoms with Gasteiger partial charge in [-0.2, -0.15) is 0 Å². The van der Waals surface area contributed by atoms with Gasteiger partial charge >= 0.3 is 0 Å². The van der Waals surface area contributed by atoms with E-state index < -0.39 is 6.10 Å². The molecular weight excluding hydrogens is 222 g/mol. The first-order valence-corrected chi connectivity index (χ1v) is 5.39. The highest BCUT2D eigenvalue weighted by atomic mass is 16.7. The zero-order chi connectivity index (χ0) is 12.1. The van der Waals surface area contributed by atoms with Crippen molar-refractivity contribution >= 4 is 0 Å². The van der Waals surface area contributed by atoms with Gasteiger partial charge < -0.3 is 14.6 Å². The molecule has 0 fully saturated rings. The number of nitrogens with zero attached hydrogens (tertiary/aromatic N) is 3. The topological polar surface area (TPSA) is 87.5 Å². The van der Waals surface area contributed by atoms with Gasteiger partial charge in [-0.05, 0) is 36.1 Å². The SMILES string of the molecule is [N-]=[N+]=NCCCC(O)c1ccc2c(c1)OCO2. The zero-order valence-electron chi connectivity index (χ0n) is 9.24. The Morgan fingerprint density at radius 3 is 3.06 bits per heavy atom. The van der Waals surface area contributed by atoms with Crippen molar-refractivity contribution in [1.29, 1.82) is 0 Å². The van der Waals surface area contributed by atoms with Crippen molar-refractivity contribution in [3.8, 4) is 11.5 Å². The second-order valence-corrected chi connectivity index (χ2v) is 3.73. The molecule has 17 heavy (non-hydrogen) atoms. The van der Waals surface area contributed by atoms with Crippen LogP contribution in [0.3, 0.4) is 0 Å². The average molecular weight is 235 g/mol. The Labute approximate surface area is 98.4 Å². The first-order chi connectivity index (χ1) is 8.31. The number of hydrogen-bond donors (Lipinski definition) is 1. The van der Waals surface area contributed by atoms with Gasteiger partial charge in [0.2, 0.25) is 6.79 Å². The summed E-state index contributed by atoms with van der Waals surface area (Å²) in [4.78, 5) is 2.66. The van der Waals surface area contributed by atoms with E-state index in [0.717, 1.165) is 5.56 Å². The average Bonchev–Trinajstić information content (AvgIpc) is 2.81. The molecule has 6 heteroatoms. The molecule has 0 radical (unpaired) electrons. The number of benzene rings is 1. The highest BCUT2D eigenvalue weighted by molar-refractivity contribution is 5.45. The van der Waals surface area contributed by atoms with Gasteiger partial charge in [0.05, 0.1) is 6.10 Å². The van der Waals surface area contributed by atoms with Crippen LogP contribution in [0, 0.1) is 0 Å². The Kier molecular flexibility index (Phi) is 3.69. The molecule has 90 valence electrons. The molecule has 0 saturated carbocycles. The highest BCUT2D eigenvalue weighted by Crippen LogP contribution is 2.34. The summed E-state index contributed by atoms with van der Waals surface area (Å²) in [7, 11) is 0. The summed E-state index contributed by atoms with van der Waals surface area (Å²) < 4.78 is 10.4. The third-order valence-electron chi connectivity index (χ3n) is 2.58. The lowest BCUT2D eigenvalue weighted by molar-refractivity contribution is 0.163. The third kappa shape index (κ3) is 2.81. The monoisotopic (exact) mass is 235 g/mol. The minimum atomic E-state index is -0.571. The van der Waals surface area contributed by atoms with E-state index >= 15 is 0 Å². The third-order valence-corrected chi connectivity index (χ3v) is 2.58. The second-order valence-electron chi connectivity index (χ2n) is 3.73. The van der Waals surface area contributed by atoms with Crippen molar-refractivity contribution in [2.45, 2.75) is 18.9 Å². The number of aliphatic hydroxyl groups excluding tert-OH is 1. The Morgan fingerprint density at radius 2 is 2.24 bits per heavy atom. The summed E-state index contributed by atoms with van der Waals surface area (Å²) in [6, 6.07) is 5.38. The fourth-order valence-corrected chi connectivity index (χ4v) is 1.69. The van der Waals surface area contributed by atoms with Gasteiger partial charge in [-0.1, -0.05) is 11.2 Å². The van der Waals surface area contributed by atoms with Crippen LogP contribution in [0.15, 0.2) is 23.3 Å². The molecule has 1 heterocycles. The molecule has 0 spiro atoms. The fourth-order valence-electron chi connectivity index (χ4n) is 1.69. The number of fused-ring (bicyclic) bond motifs is 1. The van der Waals surface area contributed by atoms with Gasteiger partial charge in [0.1, 0.15) is 0 Å². The van der Waals surface area contributed by atoms with Crippen molar-refractivity contribution in [3.05, 3.63) is 34.2 Å². The van der Waals surface area contributed by atoms with Crippen molar-refractivity contribution in [1.82, 2.24) is 0 Å². The maximum atomic E-state index is 9.92. The molecule has 2 rings (SSSR count). The van der Waals surface area contributed by atoms with E-state index in [1.807, 2.05) is 6.07 Å². The predicted molar refractivity (Wildman–Crippen MR) is 60.8 cm³/mol. The first-order valence-electron chi connectivity index (χ1n) is 5.39. The summed E-state index contributed by atoms with van der Waals surface area (Å²) in [5.41, 5.74) is 8.91. The molecule has 0 aromatic heterocycles. The lowest BCUT2D eigenvalue weighted by Crippen LogP contribution is -1.98. The van der Waals surface area contributed by atoms with E-state index in [1.54, 1.807) is 12.1 Å². The minimum absolute atomic E-state index is 0.228. The van der Waals surface area contributed by atoms with Crippen LogP contribution in [0.2, 0.25) is 0 Å². The van der Waals surface area contributed by atoms with Crippen LogP contribution in [0.1, 0.15) is 24.5 Å². The first kappa shape index (κ1) is 11.6. The van der Waals surface area contributed by atoms with E-state index in [0.29, 0.717) is 30.9 Å². The molecule has 1 aliphatic heterocycles. The zero-order valence-corrected chi connectivity index (χ0v) is 9.24. The molecule has 0 aliphatic carbocycles. The number of azide groups is 1. The van der Waals surface area contributed by atoms with Crippen LogP contribution in [-0.4, -0.2) is 18.4 Å². The van der Waals surface area contributed by atoms with Gasteiger partial charge in [-0.15, -0.1) is 0 Å². The Hall–Kier alpha value is -1.91. The smallest absolute Gasteiger partial charge is 0.231 e. The molecule has 0 saturated heterocycles. The normalized spacial score (nSPS) is 14.2. The molecule has 6 nitrogen and oxygen atoms in total. The number of aliphatic hydroxyl groups is 1. The van der Waals surface area contributed by atoms with Crippen molar-refractivity contribution in [2.24, 2.45) is 5.11 Å².